The quantitative estimate of drug-likeness (QED) is 0.733. The van der Waals surface area contributed by atoms with E-state index in [2.05, 4.69) is 10.1 Å². The minimum absolute atomic E-state index is 0.428. The maximum Gasteiger partial charge on any atom is 0.411 e. The van der Waals surface area contributed by atoms with Crippen molar-refractivity contribution in [3.8, 4) is 0 Å². The molecule has 1 aromatic heterocycles. The second-order valence-electron chi connectivity index (χ2n) is 2.08. The monoisotopic (exact) mass is 186 g/mol. The third-order valence-electron chi connectivity index (χ3n) is 1.35. The van der Waals surface area contributed by atoms with E-state index in [1.54, 1.807) is 6.07 Å². The van der Waals surface area contributed by atoms with Gasteiger partial charge < -0.3 is 10.5 Å². The standard InChI is InChI=1S/C7H10N2O2S/c1-11-7(10)9-5-2-3-12-6(5)4-8/h2-3H,4,8H2,1H3,(H,9,10). The molecule has 0 radical (unpaired) electrons. The fourth-order valence-electron chi connectivity index (χ4n) is 0.771. The van der Waals surface area contributed by atoms with Crippen LogP contribution in [0.2, 0.25) is 0 Å². The van der Waals surface area contributed by atoms with Crippen LogP contribution >= 0.6 is 11.3 Å². The Bertz CT molecular complexity index is 272. The smallest absolute Gasteiger partial charge is 0.411 e. The molecule has 1 rings (SSSR count). The highest BCUT2D eigenvalue weighted by molar-refractivity contribution is 7.10. The molecule has 5 heteroatoms. The van der Waals surface area contributed by atoms with Crippen molar-refractivity contribution in [2.75, 3.05) is 12.4 Å². The van der Waals surface area contributed by atoms with Gasteiger partial charge in [0.05, 0.1) is 12.8 Å². The number of hydrogen-bond donors (Lipinski definition) is 2. The summed E-state index contributed by atoms with van der Waals surface area (Å²) in [4.78, 5) is 11.7. The minimum atomic E-state index is -0.469. The number of hydrogen-bond acceptors (Lipinski definition) is 4. The zero-order chi connectivity index (χ0) is 8.97. The molecule has 0 aliphatic heterocycles. The summed E-state index contributed by atoms with van der Waals surface area (Å²) in [6.07, 6.45) is -0.469. The van der Waals surface area contributed by atoms with E-state index >= 15 is 0 Å². The molecule has 0 bridgehead atoms. The summed E-state index contributed by atoms with van der Waals surface area (Å²) < 4.78 is 4.44. The van der Waals surface area contributed by atoms with Gasteiger partial charge in [-0.25, -0.2) is 4.79 Å². The lowest BCUT2D eigenvalue weighted by atomic mass is 10.4. The van der Waals surface area contributed by atoms with Crippen LogP contribution in [0.25, 0.3) is 0 Å². The molecule has 1 amide bonds. The number of carbonyl (C=O) groups excluding carboxylic acids is 1. The van der Waals surface area contributed by atoms with Gasteiger partial charge >= 0.3 is 6.09 Å². The number of nitrogens with two attached hydrogens (primary N) is 1. The van der Waals surface area contributed by atoms with Gasteiger partial charge in [0.15, 0.2) is 0 Å². The highest BCUT2D eigenvalue weighted by Crippen LogP contribution is 2.21. The first-order valence-electron chi connectivity index (χ1n) is 3.39. The maximum atomic E-state index is 10.8. The molecule has 66 valence electrons. The van der Waals surface area contributed by atoms with E-state index in [0.717, 1.165) is 10.6 Å². The van der Waals surface area contributed by atoms with Gasteiger partial charge in [-0.3, -0.25) is 5.32 Å². The summed E-state index contributed by atoms with van der Waals surface area (Å²) in [6, 6.07) is 1.80. The Morgan fingerprint density at radius 3 is 3.17 bits per heavy atom. The fraction of sp³-hybridized carbons (Fsp3) is 0.286. The maximum absolute atomic E-state index is 10.8. The summed E-state index contributed by atoms with van der Waals surface area (Å²) in [5.74, 6) is 0. The summed E-state index contributed by atoms with van der Waals surface area (Å²) >= 11 is 1.51. The molecular formula is C7H10N2O2S. The van der Waals surface area contributed by atoms with Gasteiger partial charge in [0.2, 0.25) is 0 Å². The number of thiophene rings is 1. The predicted molar refractivity (Wildman–Crippen MR) is 48.2 cm³/mol. The summed E-state index contributed by atoms with van der Waals surface area (Å²) in [7, 11) is 1.32. The fourth-order valence-corrected chi connectivity index (χ4v) is 1.48. The molecule has 12 heavy (non-hydrogen) atoms. The Hall–Kier alpha value is -1.07. The van der Waals surface area contributed by atoms with E-state index in [0.29, 0.717) is 6.54 Å². The average Bonchev–Trinajstić information content (AvgIpc) is 2.51. The third-order valence-corrected chi connectivity index (χ3v) is 2.30. The van der Waals surface area contributed by atoms with Gasteiger partial charge in [-0.05, 0) is 11.4 Å². The first kappa shape index (κ1) is 9.02. The van der Waals surface area contributed by atoms with Gasteiger partial charge in [-0.2, -0.15) is 0 Å². The van der Waals surface area contributed by atoms with E-state index in [-0.39, 0.29) is 0 Å². The number of carbonyl (C=O) groups is 1. The van der Waals surface area contributed by atoms with Crippen LogP contribution in [0, 0.1) is 0 Å². The lowest BCUT2D eigenvalue weighted by molar-refractivity contribution is 0.187. The lowest BCUT2D eigenvalue weighted by Gasteiger charge is -2.02. The van der Waals surface area contributed by atoms with Crippen LogP contribution in [0.15, 0.2) is 11.4 Å². The van der Waals surface area contributed by atoms with Crippen LogP contribution in [0.3, 0.4) is 0 Å². The van der Waals surface area contributed by atoms with Crippen molar-refractivity contribution in [3.05, 3.63) is 16.3 Å². The highest BCUT2D eigenvalue weighted by Gasteiger charge is 2.05. The van der Waals surface area contributed by atoms with Crippen molar-refractivity contribution in [1.29, 1.82) is 0 Å². The van der Waals surface area contributed by atoms with E-state index in [9.17, 15) is 4.79 Å². The third kappa shape index (κ3) is 1.96. The number of anilines is 1. The first-order valence-corrected chi connectivity index (χ1v) is 4.27. The summed E-state index contributed by atoms with van der Waals surface area (Å²) in [5.41, 5.74) is 6.16. The van der Waals surface area contributed by atoms with Crippen LogP contribution in [-0.4, -0.2) is 13.2 Å². The van der Waals surface area contributed by atoms with Gasteiger partial charge in [-0.1, -0.05) is 0 Å². The largest absolute Gasteiger partial charge is 0.453 e. The topological polar surface area (TPSA) is 64.3 Å². The zero-order valence-corrected chi connectivity index (χ0v) is 7.48. The normalized spacial score (nSPS) is 9.50. The Morgan fingerprint density at radius 1 is 1.83 bits per heavy atom. The van der Waals surface area contributed by atoms with Crippen LogP contribution in [0.5, 0.6) is 0 Å². The number of amides is 1. The Morgan fingerprint density at radius 2 is 2.58 bits per heavy atom. The van der Waals surface area contributed by atoms with Crippen molar-refractivity contribution in [2.24, 2.45) is 5.73 Å². The van der Waals surface area contributed by atoms with Crippen LogP contribution in [-0.2, 0) is 11.3 Å². The molecule has 0 aliphatic rings. The van der Waals surface area contributed by atoms with Gasteiger partial charge in [-0.15, -0.1) is 11.3 Å². The van der Waals surface area contributed by atoms with Gasteiger partial charge in [0, 0.05) is 11.4 Å². The number of nitrogens with one attached hydrogen (secondary N) is 1. The molecule has 0 spiro atoms. The number of ether oxygens (including phenoxy) is 1. The van der Waals surface area contributed by atoms with Crippen molar-refractivity contribution >= 4 is 23.1 Å². The SMILES string of the molecule is COC(=O)Nc1ccsc1CN. The Balaban J connectivity index is 2.68. The Labute approximate surface area is 74.3 Å². The van der Waals surface area contributed by atoms with Crippen LogP contribution < -0.4 is 11.1 Å². The van der Waals surface area contributed by atoms with Gasteiger partial charge in [0.1, 0.15) is 0 Å². The highest BCUT2D eigenvalue weighted by atomic mass is 32.1. The van der Waals surface area contributed by atoms with E-state index in [1.165, 1.54) is 18.4 Å². The van der Waals surface area contributed by atoms with E-state index in [4.69, 9.17) is 5.73 Å². The molecule has 0 atom stereocenters. The summed E-state index contributed by atoms with van der Waals surface area (Å²) in [6.45, 7) is 0.428. The van der Waals surface area contributed by atoms with Crippen LogP contribution in [0.1, 0.15) is 4.88 Å². The molecule has 4 nitrogen and oxygen atoms in total. The minimum Gasteiger partial charge on any atom is -0.453 e. The zero-order valence-electron chi connectivity index (χ0n) is 6.66. The molecule has 0 fully saturated rings. The molecule has 0 unspecified atom stereocenters. The van der Waals surface area contributed by atoms with E-state index < -0.39 is 6.09 Å². The molecule has 0 aromatic carbocycles. The van der Waals surface area contributed by atoms with Gasteiger partial charge in [0.25, 0.3) is 0 Å². The van der Waals surface area contributed by atoms with Crippen molar-refractivity contribution < 1.29 is 9.53 Å². The average molecular weight is 186 g/mol. The van der Waals surface area contributed by atoms with Crippen LogP contribution in [0.4, 0.5) is 10.5 Å². The van der Waals surface area contributed by atoms with Crippen molar-refractivity contribution in [2.45, 2.75) is 6.54 Å². The Kier molecular flexibility index (Phi) is 3.07. The molecule has 3 N–H and O–H groups in total. The molecular weight excluding hydrogens is 176 g/mol. The number of rotatable bonds is 2. The number of methoxy groups -OCH3 is 1. The molecule has 0 aliphatic carbocycles. The van der Waals surface area contributed by atoms with E-state index in [1.807, 2.05) is 5.38 Å². The second kappa shape index (κ2) is 4.08. The molecule has 1 heterocycles. The lowest BCUT2D eigenvalue weighted by Crippen LogP contribution is -2.12. The molecule has 0 saturated carbocycles. The predicted octanol–water partition coefficient (Wildman–Crippen LogP) is 1.39. The first-order chi connectivity index (χ1) is 5.77. The summed E-state index contributed by atoms with van der Waals surface area (Å²) in [5, 5.41) is 4.43. The van der Waals surface area contributed by atoms with Crippen molar-refractivity contribution in [3.63, 3.8) is 0 Å². The molecule has 0 saturated heterocycles. The second-order valence-corrected chi connectivity index (χ2v) is 3.08. The van der Waals surface area contributed by atoms with Crippen molar-refractivity contribution in [1.82, 2.24) is 0 Å². The molecule has 1 aromatic rings.